The molecule has 2 N–H and O–H groups in total. The minimum atomic E-state index is -0.130. The van der Waals surface area contributed by atoms with Gasteiger partial charge in [-0.2, -0.15) is 0 Å². The molecule has 1 fully saturated rings. The summed E-state index contributed by atoms with van der Waals surface area (Å²) in [6, 6.07) is 0.0119. The van der Waals surface area contributed by atoms with Crippen molar-refractivity contribution in [2.45, 2.75) is 18.8 Å². The van der Waals surface area contributed by atoms with Crippen molar-refractivity contribution in [2.75, 3.05) is 5.73 Å². The Bertz CT molecular complexity index is 361. The van der Waals surface area contributed by atoms with E-state index >= 15 is 0 Å². The lowest BCUT2D eigenvalue weighted by atomic mass is 10.2. The normalized spacial score (nSPS) is 21.4. The third-order valence-electron chi connectivity index (χ3n) is 1.59. The van der Waals surface area contributed by atoms with E-state index in [9.17, 15) is 0 Å². The van der Waals surface area contributed by atoms with Crippen LogP contribution < -0.4 is 5.73 Å². The molecule has 0 radical (unpaired) electrons. The van der Waals surface area contributed by atoms with Gasteiger partial charge in [0.15, 0.2) is 0 Å². The molecular weight excluding hydrogens is 124 g/mol. The Labute approximate surface area is 64.3 Å². The summed E-state index contributed by atoms with van der Waals surface area (Å²) in [5.41, 5.74) is 6.20. The van der Waals surface area contributed by atoms with Crippen LogP contribution >= 0.6 is 0 Å². The van der Waals surface area contributed by atoms with E-state index in [0.29, 0.717) is 11.6 Å². The fraction of sp³-hybridized carbons (Fsp3) is 0.375. The predicted molar refractivity (Wildman–Crippen MR) is 40.6 cm³/mol. The number of rotatable bonds is 1. The van der Waals surface area contributed by atoms with Gasteiger partial charge in [-0.15, -0.1) is 0 Å². The topological polar surface area (TPSA) is 38.9 Å². The van der Waals surface area contributed by atoms with E-state index in [-0.39, 0.29) is 23.9 Å². The number of nitrogen functional groups attached to an aromatic ring is 1. The summed E-state index contributed by atoms with van der Waals surface area (Å²) < 4.78 is 22.3. The van der Waals surface area contributed by atoms with E-state index in [1.54, 1.807) is 0 Å². The van der Waals surface area contributed by atoms with E-state index in [1.165, 1.54) is 0 Å². The summed E-state index contributed by atoms with van der Waals surface area (Å²) in [7, 11) is 0. The number of nitrogens with two attached hydrogens (primary N) is 1. The molecule has 1 aromatic rings. The van der Waals surface area contributed by atoms with Gasteiger partial charge in [0.05, 0.1) is 4.11 Å². The Kier molecular flexibility index (Phi) is 0.666. The lowest BCUT2D eigenvalue weighted by Gasteiger charge is -1.96. The molecule has 10 heavy (non-hydrogen) atoms. The highest BCUT2D eigenvalue weighted by Gasteiger charge is 2.24. The number of anilines is 1. The first-order valence-electron chi connectivity index (χ1n) is 4.84. The third kappa shape index (κ3) is 0.967. The Balaban J connectivity index is 2.58. The first-order valence-corrected chi connectivity index (χ1v) is 3.34. The Morgan fingerprint density at radius 2 is 2.50 bits per heavy atom. The van der Waals surface area contributed by atoms with E-state index in [1.807, 2.05) is 0 Å². The SMILES string of the molecule is [2H]c1nc(C2CC2)c([2H])c(N)c1[2H]. The van der Waals surface area contributed by atoms with Crippen LogP contribution in [0.15, 0.2) is 18.3 Å². The summed E-state index contributed by atoms with van der Waals surface area (Å²) in [6.07, 6.45) is 1.93. The second-order valence-corrected chi connectivity index (χ2v) is 2.55. The molecule has 0 saturated heterocycles. The maximum Gasteiger partial charge on any atom is 0.0841 e. The average Bonchev–Trinajstić information content (AvgIpc) is 2.91. The van der Waals surface area contributed by atoms with Gasteiger partial charge in [0.1, 0.15) is 0 Å². The van der Waals surface area contributed by atoms with Crippen LogP contribution in [-0.4, -0.2) is 4.98 Å². The van der Waals surface area contributed by atoms with Crippen LogP contribution in [0.2, 0.25) is 0 Å². The summed E-state index contributed by atoms with van der Waals surface area (Å²) >= 11 is 0. The molecule has 2 heteroatoms. The number of hydrogen-bond donors (Lipinski definition) is 1. The standard InChI is InChI=1S/C8H10N2/c9-7-3-4-10-8(5-7)6-1-2-6/h3-6H,1-2H2,(H2,9,10)/i3D,4D,5D. The molecule has 1 aliphatic rings. The lowest BCUT2D eigenvalue weighted by molar-refractivity contribution is 1.02. The average molecular weight is 137 g/mol. The monoisotopic (exact) mass is 137 g/mol. The van der Waals surface area contributed by atoms with Crippen molar-refractivity contribution in [3.8, 4) is 0 Å². The Morgan fingerprint density at radius 3 is 3.20 bits per heavy atom. The largest absolute Gasteiger partial charge is 0.399 e. The zero-order chi connectivity index (χ0) is 9.59. The molecule has 0 spiro atoms. The van der Waals surface area contributed by atoms with Crippen molar-refractivity contribution in [3.63, 3.8) is 0 Å². The molecule has 1 aliphatic carbocycles. The summed E-state index contributed by atoms with van der Waals surface area (Å²) in [5.74, 6) is 0.305. The molecular formula is C8H10N2. The van der Waals surface area contributed by atoms with Crippen molar-refractivity contribution in [1.29, 1.82) is 0 Å². The molecule has 0 aliphatic heterocycles. The molecule has 0 unspecified atom stereocenters. The molecule has 2 rings (SSSR count). The van der Waals surface area contributed by atoms with Crippen LogP contribution in [0.25, 0.3) is 0 Å². The van der Waals surface area contributed by atoms with Gasteiger partial charge in [-0.3, -0.25) is 4.98 Å². The van der Waals surface area contributed by atoms with Crippen LogP contribution in [0.1, 0.15) is 28.6 Å². The third-order valence-corrected chi connectivity index (χ3v) is 1.59. The van der Waals surface area contributed by atoms with E-state index < -0.39 is 0 Å². The first-order chi connectivity index (χ1) is 6.11. The van der Waals surface area contributed by atoms with Gasteiger partial charge < -0.3 is 5.73 Å². The van der Waals surface area contributed by atoms with E-state index in [4.69, 9.17) is 9.85 Å². The summed E-state index contributed by atoms with van der Waals surface area (Å²) in [4.78, 5) is 3.91. The van der Waals surface area contributed by atoms with Crippen LogP contribution in [0, 0.1) is 0 Å². The van der Waals surface area contributed by atoms with Crippen molar-refractivity contribution in [2.24, 2.45) is 0 Å². The van der Waals surface area contributed by atoms with Gasteiger partial charge >= 0.3 is 0 Å². The van der Waals surface area contributed by atoms with Crippen LogP contribution in [-0.2, 0) is 0 Å². The molecule has 0 amide bonds. The number of pyridine rings is 1. The van der Waals surface area contributed by atoms with Gasteiger partial charge in [0.2, 0.25) is 0 Å². The smallest absolute Gasteiger partial charge is 0.0841 e. The molecule has 52 valence electrons. The minimum Gasteiger partial charge on any atom is -0.399 e. The highest BCUT2D eigenvalue weighted by Crippen LogP contribution is 2.39. The van der Waals surface area contributed by atoms with Gasteiger partial charge in [-0.05, 0) is 24.9 Å². The fourth-order valence-electron chi connectivity index (χ4n) is 0.896. The Morgan fingerprint density at radius 1 is 1.70 bits per heavy atom. The van der Waals surface area contributed by atoms with Gasteiger partial charge in [-0.25, -0.2) is 0 Å². The summed E-state index contributed by atoms with van der Waals surface area (Å²) in [5, 5.41) is 0. The zero-order valence-corrected chi connectivity index (χ0v) is 5.52. The van der Waals surface area contributed by atoms with Gasteiger partial charge in [0, 0.05) is 23.5 Å². The number of nitrogens with zero attached hydrogens (tertiary/aromatic N) is 1. The first kappa shape index (κ1) is 3.37. The molecule has 0 bridgehead atoms. The molecule has 0 atom stereocenters. The quantitative estimate of drug-likeness (QED) is 0.637. The molecule has 1 saturated carbocycles. The van der Waals surface area contributed by atoms with Crippen molar-refractivity contribution in [1.82, 2.24) is 4.98 Å². The molecule has 1 heterocycles. The van der Waals surface area contributed by atoms with Crippen LogP contribution in [0.3, 0.4) is 0 Å². The maximum atomic E-state index is 7.61. The van der Waals surface area contributed by atoms with Crippen molar-refractivity contribution in [3.05, 3.63) is 24.0 Å². The fourth-order valence-corrected chi connectivity index (χ4v) is 0.896. The van der Waals surface area contributed by atoms with E-state index in [2.05, 4.69) is 4.98 Å². The minimum absolute atomic E-state index is 0.0851. The molecule has 2 nitrogen and oxygen atoms in total. The highest BCUT2D eigenvalue weighted by molar-refractivity contribution is 5.38. The van der Waals surface area contributed by atoms with Gasteiger partial charge in [-0.1, -0.05) is 0 Å². The Hall–Kier alpha value is -1.05. The zero-order valence-electron chi connectivity index (χ0n) is 8.52. The predicted octanol–water partition coefficient (Wildman–Crippen LogP) is 1.54. The maximum absolute atomic E-state index is 7.61. The number of hydrogen-bond acceptors (Lipinski definition) is 2. The number of aromatic nitrogens is 1. The second-order valence-electron chi connectivity index (χ2n) is 2.55. The summed E-state index contributed by atoms with van der Waals surface area (Å²) in [6.45, 7) is 0. The van der Waals surface area contributed by atoms with Crippen molar-refractivity contribution < 1.29 is 4.11 Å². The lowest BCUT2D eigenvalue weighted by Crippen LogP contribution is -1.89. The van der Waals surface area contributed by atoms with Crippen molar-refractivity contribution >= 4 is 5.69 Å². The highest BCUT2D eigenvalue weighted by atomic mass is 14.7. The second kappa shape index (κ2) is 1.97. The molecule has 1 aromatic heterocycles. The molecule has 0 aromatic carbocycles. The van der Waals surface area contributed by atoms with Crippen LogP contribution in [0.4, 0.5) is 5.69 Å². The van der Waals surface area contributed by atoms with E-state index in [0.717, 1.165) is 12.8 Å². The van der Waals surface area contributed by atoms with Crippen LogP contribution in [0.5, 0.6) is 0 Å². The van der Waals surface area contributed by atoms with Gasteiger partial charge in [0.25, 0.3) is 0 Å².